The second-order valence-electron chi connectivity index (χ2n) is 4.58. The number of carbonyl (C=O) groups excluding carboxylic acids is 1. The van der Waals surface area contributed by atoms with Crippen molar-refractivity contribution in [3.63, 3.8) is 0 Å². The molecule has 0 aliphatic carbocycles. The van der Waals surface area contributed by atoms with Crippen LogP contribution in [0, 0.1) is 0 Å². The fourth-order valence-electron chi connectivity index (χ4n) is 1.97. The summed E-state index contributed by atoms with van der Waals surface area (Å²) in [5.41, 5.74) is 0.174. The minimum atomic E-state index is -3.90. The molecule has 8 heteroatoms. The van der Waals surface area contributed by atoms with E-state index in [1.54, 1.807) is 0 Å². The fraction of sp³-hybridized carbons (Fsp3) is 0.417. The molecule has 0 saturated carbocycles. The van der Waals surface area contributed by atoms with Crippen molar-refractivity contribution in [2.45, 2.75) is 23.8 Å². The van der Waals surface area contributed by atoms with Crippen molar-refractivity contribution in [1.29, 1.82) is 0 Å². The Hall–Kier alpha value is -1.15. The highest BCUT2D eigenvalue weighted by molar-refractivity contribution is 7.89. The second kappa shape index (κ2) is 6.09. The Morgan fingerprint density at radius 3 is 2.55 bits per heavy atom. The molecule has 0 spiro atoms. The summed E-state index contributed by atoms with van der Waals surface area (Å²) in [6.07, 6.45) is 1.46. The van der Waals surface area contributed by atoms with E-state index in [2.05, 4.69) is 5.32 Å². The third-order valence-electron chi connectivity index (χ3n) is 3.02. The average Bonchev–Trinajstić information content (AvgIpc) is 2.38. The fourth-order valence-corrected chi connectivity index (χ4v) is 2.85. The Bertz CT molecular complexity index is 612. The van der Waals surface area contributed by atoms with Gasteiger partial charge in [-0.3, -0.25) is 4.79 Å². The number of sulfonamides is 1. The van der Waals surface area contributed by atoms with Crippen LogP contribution in [0.1, 0.15) is 23.2 Å². The summed E-state index contributed by atoms with van der Waals surface area (Å²) in [7, 11) is -3.90. The maximum absolute atomic E-state index is 12.1. The molecule has 0 aromatic heterocycles. The molecule has 1 amide bonds. The summed E-state index contributed by atoms with van der Waals surface area (Å²) in [5, 5.41) is 8.02. The van der Waals surface area contributed by atoms with Crippen LogP contribution in [0.2, 0.25) is 5.02 Å². The molecule has 0 radical (unpaired) electrons. The molecule has 1 aromatic carbocycles. The van der Waals surface area contributed by atoms with Crippen molar-refractivity contribution < 1.29 is 17.9 Å². The molecular formula is C12H15ClN2O4S. The Labute approximate surface area is 122 Å². The molecule has 20 heavy (non-hydrogen) atoms. The predicted molar refractivity (Wildman–Crippen MR) is 74.1 cm³/mol. The van der Waals surface area contributed by atoms with Crippen molar-refractivity contribution in [2.75, 3.05) is 13.2 Å². The topological polar surface area (TPSA) is 98.5 Å². The minimum Gasteiger partial charge on any atom is -0.381 e. The van der Waals surface area contributed by atoms with Gasteiger partial charge in [0.15, 0.2) is 0 Å². The first-order chi connectivity index (χ1) is 9.36. The van der Waals surface area contributed by atoms with Gasteiger partial charge >= 0.3 is 0 Å². The van der Waals surface area contributed by atoms with Gasteiger partial charge in [0.25, 0.3) is 5.91 Å². The maximum atomic E-state index is 12.1. The van der Waals surface area contributed by atoms with Crippen LogP contribution in [0.25, 0.3) is 0 Å². The number of ether oxygens (including phenoxy) is 1. The molecule has 3 N–H and O–H groups in total. The zero-order valence-electron chi connectivity index (χ0n) is 10.6. The SMILES string of the molecule is NS(=O)(=O)c1cc(Cl)cc(C(=O)NC2CCOCC2)c1. The van der Waals surface area contributed by atoms with Gasteiger partial charge in [0, 0.05) is 29.8 Å². The summed E-state index contributed by atoms with van der Waals surface area (Å²) < 4.78 is 27.8. The van der Waals surface area contributed by atoms with Gasteiger partial charge in [-0.15, -0.1) is 0 Å². The number of rotatable bonds is 3. The van der Waals surface area contributed by atoms with Gasteiger partial charge in [0.1, 0.15) is 0 Å². The third kappa shape index (κ3) is 3.92. The highest BCUT2D eigenvalue weighted by Gasteiger charge is 2.19. The van der Waals surface area contributed by atoms with E-state index in [0.29, 0.717) is 13.2 Å². The van der Waals surface area contributed by atoms with Gasteiger partial charge in [-0.25, -0.2) is 13.6 Å². The molecular weight excluding hydrogens is 304 g/mol. The molecule has 0 unspecified atom stereocenters. The average molecular weight is 319 g/mol. The van der Waals surface area contributed by atoms with E-state index >= 15 is 0 Å². The lowest BCUT2D eigenvalue weighted by Gasteiger charge is -2.23. The summed E-state index contributed by atoms with van der Waals surface area (Å²) in [4.78, 5) is 11.9. The van der Waals surface area contributed by atoms with Crippen LogP contribution >= 0.6 is 11.6 Å². The molecule has 2 rings (SSSR count). The molecule has 1 heterocycles. The number of carbonyl (C=O) groups is 1. The number of benzene rings is 1. The Morgan fingerprint density at radius 2 is 1.95 bits per heavy atom. The lowest BCUT2D eigenvalue weighted by Crippen LogP contribution is -2.38. The van der Waals surface area contributed by atoms with Crippen molar-refractivity contribution in [3.05, 3.63) is 28.8 Å². The predicted octanol–water partition coefficient (Wildman–Crippen LogP) is 0.896. The third-order valence-corrected chi connectivity index (χ3v) is 4.13. The number of nitrogens with one attached hydrogen (secondary N) is 1. The minimum absolute atomic E-state index is 0.0214. The zero-order valence-corrected chi connectivity index (χ0v) is 12.2. The van der Waals surface area contributed by atoms with Crippen molar-refractivity contribution >= 4 is 27.5 Å². The molecule has 6 nitrogen and oxygen atoms in total. The molecule has 1 aliphatic rings. The van der Waals surface area contributed by atoms with Gasteiger partial charge in [-0.1, -0.05) is 11.6 Å². The molecule has 110 valence electrons. The van der Waals surface area contributed by atoms with E-state index in [9.17, 15) is 13.2 Å². The Balaban J connectivity index is 2.19. The molecule has 0 atom stereocenters. The van der Waals surface area contributed by atoms with E-state index < -0.39 is 10.0 Å². The number of amides is 1. The Morgan fingerprint density at radius 1 is 1.30 bits per heavy atom. The van der Waals surface area contributed by atoms with Gasteiger partial charge in [-0.2, -0.15) is 0 Å². The molecule has 1 fully saturated rings. The largest absolute Gasteiger partial charge is 0.381 e. The van der Waals surface area contributed by atoms with Crippen LogP contribution in [-0.4, -0.2) is 33.6 Å². The van der Waals surface area contributed by atoms with Crippen molar-refractivity contribution in [3.8, 4) is 0 Å². The van der Waals surface area contributed by atoms with Gasteiger partial charge in [0.05, 0.1) is 4.90 Å². The van der Waals surface area contributed by atoms with Crippen molar-refractivity contribution in [2.24, 2.45) is 5.14 Å². The second-order valence-corrected chi connectivity index (χ2v) is 6.58. The number of nitrogens with two attached hydrogens (primary N) is 1. The smallest absolute Gasteiger partial charge is 0.251 e. The quantitative estimate of drug-likeness (QED) is 0.865. The number of halogens is 1. The summed E-state index contributed by atoms with van der Waals surface area (Å²) in [5.74, 6) is -0.371. The van der Waals surface area contributed by atoms with Gasteiger partial charge in [0.2, 0.25) is 10.0 Å². The highest BCUT2D eigenvalue weighted by atomic mass is 35.5. The molecule has 0 bridgehead atoms. The van der Waals surface area contributed by atoms with Crippen LogP contribution in [0.3, 0.4) is 0 Å². The summed E-state index contributed by atoms with van der Waals surface area (Å²) in [6, 6.07) is 3.86. The van der Waals surface area contributed by atoms with Crippen LogP contribution in [0.4, 0.5) is 0 Å². The zero-order chi connectivity index (χ0) is 14.8. The van der Waals surface area contributed by atoms with Crippen LogP contribution < -0.4 is 10.5 Å². The van der Waals surface area contributed by atoms with Crippen LogP contribution in [0.5, 0.6) is 0 Å². The molecule has 1 aliphatic heterocycles. The summed E-state index contributed by atoms with van der Waals surface area (Å²) >= 11 is 5.82. The van der Waals surface area contributed by atoms with E-state index in [1.165, 1.54) is 18.2 Å². The highest BCUT2D eigenvalue weighted by Crippen LogP contribution is 2.18. The van der Waals surface area contributed by atoms with E-state index in [1.807, 2.05) is 0 Å². The number of hydrogen-bond donors (Lipinski definition) is 2. The lowest BCUT2D eigenvalue weighted by atomic mass is 10.1. The number of hydrogen-bond acceptors (Lipinski definition) is 4. The standard InChI is InChI=1S/C12H15ClN2O4S/c13-9-5-8(6-11(7-9)20(14,17)18)12(16)15-10-1-3-19-4-2-10/h5-7,10H,1-4H2,(H,15,16)(H2,14,17,18). The van der Waals surface area contributed by atoms with E-state index in [-0.39, 0.29) is 27.4 Å². The first kappa shape index (κ1) is 15.2. The summed E-state index contributed by atoms with van der Waals surface area (Å²) in [6.45, 7) is 1.20. The Kier molecular flexibility index (Phi) is 4.64. The van der Waals surface area contributed by atoms with E-state index in [0.717, 1.165) is 12.8 Å². The van der Waals surface area contributed by atoms with E-state index in [4.69, 9.17) is 21.5 Å². The normalized spacial score (nSPS) is 16.9. The van der Waals surface area contributed by atoms with Crippen molar-refractivity contribution in [1.82, 2.24) is 5.32 Å². The molecule has 1 saturated heterocycles. The van der Waals surface area contributed by atoms with Gasteiger partial charge in [-0.05, 0) is 31.0 Å². The monoisotopic (exact) mass is 318 g/mol. The maximum Gasteiger partial charge on any atom is 0.251 e. The number of primary sulfonamides is 1. The van der Waals surface area contributed by atoms with Crippen LogP contribution in [0.15, 0.2) is 23.1 Å². The van der Waals surface area contributed by atoms with Gasteiger partial charge < -0.3 is 10.1 Å². The lowest BCUT2D eigenvalue weighted by molar-refractivity contribution is 0.0696. The first-order valence-corrected chi connectivity index (χ1v) is 8.01. The van der Waals surface area contributed by atoms with Crippen LogP contribution in [-0.2, 0) is 14.8 Å². The first-order valence-electron chi connectivity index (χ1n) is 6.08. The molecule has 1 aromatic rings.